The van der Waals surface area contributed by atoms with E-state index in [4.69, 9.17) is 0 Å². The first-order chi connectivity index (χ1) is 13.7. The minimum atomic E-state index is -0.459. The number of alkyl halides is 1. The fourth-order valence-electron chi connectivity index (χ4n) is 4.28. The summed E-state index contributed by atoms with van der Waals surface area (Å²) in [6, 6.07) is 9.72. The molecule has 1 aromatic carbocycles. The van der Waals surface area contributed by atoms with E-state index in [1.165, 1.54) is 12.8 Å². The van der Waals surface area contributed by atoms with Gasteiger partial charge in [0.15, 0.2) is 5.82 Å². The Morgan fingerprint density at radius 2 is 1.86 bits per heavy atom. The Hall–Kier alpha value is -2.28. The maximum Gasteiger partial charge on any atom is 0.236 e. The lowest BCUT2D eigenvalue weighted by atomic mass is 9.97. The monoisotopic (exact) mass is 385 g/mol. The van der Waals surface area contributed by atoms with Crippen molar-refractivity contribution in [1.82, 2.24) is 25.0 Å². The molecule has 28 heavy (non-hydrogen) atoms. The molecule has 1 aromatic heterocycles. The second-order valence-corrected chi connectivity index (χ2v) is 7.92. The predicted octanol–water partition coefficient (Wildman–Crippen LogP) is 2.86. The molecular formula is C21H28FN5O. The highest BCUT2D eigenvalue weighted by atomic mass is 19.1. The molecule has 0 unspecified atom stereocenters. The predicted molar refractivity (Wildman–Crippen MR) is 106 cm³/mol. The molecule has 2 aromatic rings. The van der Waals surface area contributed by atoms with Crippen molar-refractivity contribution in [3.05, 3.63) is 36.2 Å². The number of carbonyl (C=O) groups excluding carboxylic acids is 1. The van der Waals surface area contributed by atoms with E-state index in [1.807, 2.05) is 35.2 Å². The zero-order valence-electron chi connectivity index (χ0n) is 16.2. The van der Waals surface area contributed by atoms with Gasteiger partial charge in [-0.2, -0.15) is 5.10 Å². The minimum Gasteiger partial charge on any atom is -0.340 e. The van der Waals surface area contributed by atoms with Crippen LogP contribution in [0, 0.1) is 5.92 Å². The number of hydrogen-bond donors (Lipinski definition) is 1. The molecule has 4 rings (SSSR count). The van der Waals surface area contributed by atoms with Crippen molar-refractivity contribution >= 4 is 5.91 Å². The van der Waals surface area contributed by atoms with Crippen LogP contribution < -0.4 is 0 Å². The van der Waals surface area contributed by atoms with Gasteiger partial charge in [0.05, 0.1) is 13.2 Å². The normalized spacial score (nSPS) is 23.7. The van der Waals surface area contributed by atoms with Gasteiger partial charge in [0, 0.05) is 30.5 Å². The van der Waals surface area contributed by atoms with Crippen molar-refractivity contribution in [2.24, 2.45) is 5.92 Å². The Bertz CT molecular complexity index is 772. The Morgan fingerprint density at radius 3 is 2.57 bits per heavy atom. The molecule has 7 heteroatoms. The molecule has 0 aliphatic carbocycles. The number of amides is 1. The summed E-state index contributed by atoms with van der Waals surface area (Å²) in [5, 5.41) is 7.29. The first-order valence-corrected chi connectivity index (χ1v) is 10.3. The third-order valence-corrected chi connectivity index (χ3v) is 5.94. The van der Waals surface area contributed by atoms with Crippen LogP contribution in [0.1, 0.15) is 37.4 Å². The molecule has 2 saturated heterocycles. The molecule has 1 amide bonds. The van der Waals surface area contributed by atoms with Crippen LogP contribution in [0.3, 0.4) is 0 Å². The van der Waals surface area contributed by atoms with Gasteiger partial charge in [-0.25, -0.2) is 4.98 Å². The maximum atomic E-state index is 13.7. The zero-order valence-corrected chi connectivity index (χ0v) is 16.2. The van der Waals surface area contributed by atoms with E-state index in [0.29, 0.717) is 31.3 Å². The molecular weight excluding hydrogens is 357 g/mol. The number of benzene rings is 1. The standard InChI is InChI=1S/C21H28FN5O/c22-12-17-13-27(19(28)15-26-10-6-1-2-7-11-26)14-18(17)21-23-20(24-25-21)16-8-4-3-5-9-16/h3-5,8-9,17-18H,1-2,6-7,10-15H2,(H,23,24,25)/t17-,18-/m1/s1. The first kappa shape index (κ1) is 19.1. The molecule has 2 fully saturated rings. The van der Waals surface area contributed by atoms with Crippen molar-refractivity contribution in [3.8, 4) is 11.4 Å². The minimum absolute atomic E-state index is 0.102. The van der Waals surface area contributed by atoms with Gasteiger partial charge >= 0.3 is 0 Å². The van der Waals surface area contributed by atoms with E-state index in [0.717, 1.165) is 31.5 Å². The number of H-pyrrole nitrogens is 1. The average Bonchev–Trinajstić information content (AvgIpc) is 3.31. The van der Waals surface area contributed by atoms with Gasteiger partial charge in [-0.3, -0.25) is 19.2 Å². The van der Waals surface area contributed by atoms with Crippen LogP contribution in [-0.2, 0) is 4.79 Å². The number of halogens is 1. The van der Waals surface area contributed by atoms with Crippen molar-refractivity contribution in [2.45, 2.75) is 31.6 Å². The van der Waals surface area contributed by atoms with Gasteiger partial charge in [0.25, 0.3) is 0 Å². The number of carbonyl (C=O) groups is 1. The molecule has 6 nitrogen and oxygen atoms in total. The van der Waals surface area contributed by atoms with Crippen LogP contribution in [0.5, 0.6) is 0 Å². The molecule has 2 aliphatic rings. The number of nitrogens with one attached hydrogen (secondary N) is 1. The molecule has 2 atom stereocenters. The summed E-state index contributed by atoms with van der Waals surface area (Å²) in [7, 11) is 0. The Balaban J connectivity index is 1.42. The second-order valence-electron chi connectivity index (χ2n) is 7.92. The number of aromatic amines is 1. The van der Waals surface area contributed by atoms with Gasteiger partial charge in [0.2, 0.25) is 5.91 Å². The quantitative estimate of drug-likeness (QED) is 0.860. The Labute approximate surface area is 165 Å². The molecule has 0 saturated carbocycles. The van der Waals surface area contributed by atoms with Crippen LogP contribution in [-0.4, -0.2) is 70.3 Å². The SMILES string of the molecule is O=C(CN1CCCCCC1)N1C[C@@H](CF)[C@H](c2nc(-c3ccccc3)n[nH]2)C1. The fraction of sp³-hybridized carbons (Fsp3) is 0.571. The van der Waals surface area contributed by atoms with Crippen LogP contribution in [0.25, 0.3) is 11.4 Å². The van der Waals surface area contributed by atoms with Gasteiger partial charge in [-0.1, -0.05) is 43.2 Å². The van der Waals surface area contributed by atoms with Crippen LogP contribution in [0.2, 0.25) is 0 Å². The van der Waals surface area contributed by atoms with Crippen LogP contribution >= 0.6 is 0 Å². The van der Waals surface area contributed by atoms with E-state index in [9.17, 15) is 9.18 Å². The number of aromatic nitrogens is 3. The second kappa shape index (κ2) is 8.82. The highest BCUT2D eigenvalue weighted by molar-refractivity contribution is 5.78. The summed E-state index contributed by atoms with van der Waals surface area (Å²) in [5.74, 6) is 1.02. The zero-order chi connectivity index (χ0) is 19.3. The Morgan fingerprint density at radius 1 is 1.11 bits per heavy atom. The molecule has 0 spiro atoms. The lowest BCUT2D eigenvalue weighted by Gasteiger charge is -2.23. The molecule has 0 bridgehead atoms. The molecule has 150 valence electrons. The van der Waals surface area contributed by atoms with Crippen LogP contribution in [0.4, 0.5) is 4.39 Å². The topological polar surface area (TPSA) is 65.1 Å². The summed E-state index contributed by atoms with van der Waals surface area (Å²) in [5.41, 5.74) is 0.925. The summed E-state index contributed by atoms with van der Waals surface area (Å²) < 4.78 is 13.7. The average molecular weight is 385 g/mol. The Kier molecular flexibility index (Phi) is 6.00. The van der Waals surface area contributed by atoms with Crippen molar-refractivity contribution < 1.29 is 9.18 Å². The number of hydrogen-bond acceptors (Lipinski definition) is 4. The number of rotatable bonds is 5. The molecule has 0 radical (unpaired) electrons. The van der Waals surface area contributed by atoms with E-state index < -0.39 is 6.67 Å². The summed E-state index contributed by atoms with van der Waals surface area (Å²) >= 11 is 0. The largest absolute Gasteiger partial charge is 0.340 e. The summed E-state index contributed by atoms with van der Waals surface area (Å²) in [4.78, 5) is 21.5. The van der Waals surface area contributed by atoms with Crippen molar-refractivity contribution in [3.63, 3.8) is 0 Å². The van der Waals surface area contributed by atoms with Gasteiger partial charge in [0.1, 0.15) is 5.82 Å². The fourth-order valence-corrected chi connectivity index (χ4v) is 4.28. The van der Waals surface area contributed by atoms with Crippen LogP contribution in [0.15, 0.2) is 30.3 Å². The number of likely N-dealkylation sites (tertiary alicyclic amines) is 2. The highest BCUT2D eigenvalue weighted by Crippen LogP contribution is 2.32. The molecule has 3 heterocycles. The highest BCUT2D eigenvalue weighted by Gasteiger charge is 2.38. The van der Waals surface area contributed by atoms with Gasteiger partial charge < -0.3 is 4.90 Å². The smallest absolute Gasteiger partial charge is 0.236 e. The van der Waals surface area contributed by atoms with Crippen molar-refractivity contribution in [1.29, 1.82) is 0 Å². The summed E-state index contributed by atoms with van der Waals surface area (Å²) in [6.45, 7) is 2.91. The summed E-state index contributed by atoms with van der Waals surface area (Å²) in [6.07, 6.45) is 4.80. The molecule has 1 N–H and O–H groups in total. The van der Waals surface area contributed by atoms with Crippen molar-refractivity contribution in [2.75, 3.05) is 39.4 Å². The van der Waals surface area contributed by atoms with E-state index in [-0.39, 0.29) is 17.7 Å². The van der Waals surface area contributed by atoms with E-state index >= 15 is 0 Å². The molecule has 2 aliphatic heterocycles. The maximum absolute atomic E-state index is 13.7. The van der Waals surface area contributed by atoms with E-state index in [2.05, 4.69) is 20.1 Å². The van der Waals surface area contributed by atoms with E-state index in [1.54, 1.807) is 0 Å². The van der Waals surface area contributed by atoms with Gasteiger partial charge in [-0.15, -0.1) is 0 Å². The lowest BCUT2D eigenvalue weighted by Crippen LogP contribution is -2.40. The number of nitrogens with zero attached hydrogens (tertiary/aromatic N) is 4. The first-order valence-electron chi connectivity index (χ1n) is 10.3. The third-order valence-electron chi connectivity index (χ3n) is 5.94. The van der Waals surface area contributed by atoms with Gasteiger partial charge in [-0.05, 0) is 25.9 Å². The lowest BCUT2D eigenvalue weighted by molar-refractivity contribution is -0.131. The third kappa shape index (κ3) is 4.24.